The predicted molar refractivity (Wildman–Crippen MR) is 154 cm³/mol. The number of nitrogens with one attached hydrogen (secondary N) is 1. The van der Waals surface area contributed by atoms with E-state index in [-0.39, 0.29) is 5.91 Å². The van der Waals surface area contributed by atoms with Crippen molar-refractivity contribution in [1.82, 2.24) is 5.32 Å². The van der Waals surface area contributed by atoms with Crippen LogP contribution >= 0.6 is 0 Å². The number of rotatable bonds is 21. The van der Waals surface area contributed by atoms with Gasteiger partial charge in [0.2, 0.25) is 5.91 Å². The van der Waals surface area contributed by atoms with Crippen molar-refractivity contribution in [2.45, 2.75) is 103 Å². The molecule has 0 aromatic carbocycles. The fourth-order valence-electron chi connectivity index (χ4n) is 3.56. The molecule has 0 saturated carbocycles. The lowest BCUT2D eigenvalue weighted by molar-refractivity contribution is -0.118. The summed E-state index contributed by atoms with van der Waals surface area (Å²) >= 11 is 0. The maximum absolute atomic E-state index is 12.2. The average Bonchev–Trinajstić information content (AvgIpc) is 2.86. The van der Waals surface area contributed by atoms with Crippen LogP contribution in [0.1, 0.15) is 97.8 Å². The van der Waals surface area contributed by atoms with Crippen LogP contribution in [0.3, 0.4) is 0 Å². The van der Waals surface area contributed by atoms with Crippen LogP contribution in [-0.2, 0) is 4.79 Å². The van der Waals surface area contributed by atoms with Gasteiger partial charge in [0.15, 0.2) is 0 Å². The third-order valence-corrected chi connectivity index (χ3v) is 5.68. The zero-order valence-electron chi connectivity index (χ0n) is 22.6. The number of amides is 1. The molecule has 0 saturated heterocycles. The summed E-state index contributed by atoms with van der Waals surface area (Å²) in [5.74, 6) is -0.155. The van der Waals surface area contributed by atoms with Crippen LogP contribution < -0.4 is 5.32 Å². The molecule has 3 heteroatoms. The Labute approximate surface area is 216 Å². The minimum atomic E-state index is -0.795. The predicted octanol–water partition coefficient (Wildman–Crippen LogP) is 8.47. The van der Waals surface area contributed by atoms with E-state index in [4.69, 9.17) is 0 Å². The number of unbranched alkanes of at least 4 members (excludes halogenated alkanes) is 7. The first-order chi connectivity index (χ1) is 17.1. The summed E-state index contributed by atoms with van der Waals surface area (Å²) < 4.78 is 0. The first-order valence-corrected chi connectivity index (χ1v) is 13.7. The van der Waals surface area contributed by atoms with E-state index in [2.05, 4.69) is 37.4 Å². The Hall–Kier alpha value is -2.39. The minimum absolute atomic E-state index is 0.155. The summed E-state index contributed by atoms with van der Waals surface area (Å²) in [6, 6.07) is 0. The second-order valence-electron chi connectivity index (χ2n) is 9.04. The highest BCUT2D eigenvalue weighted by atomic mass is 16.3. The van der Waals surface area contributed by atoms with Gasteiger partial charge in [0.05, 0.1) is 5.60 Å². The molecule has 0 aromatic heterocycles. The fourth-order valence-corrected chi connectivity index (χ4v) is 3.56. The van der Waals surface area contributed by atoms with Crippen molar-refractivity contribution in [2.24, 2.45) is 0 Å². The highest BCUT2D eigenvalue weighted by molar-refractivity contribution is 5.87. The Morgan fingerprint density at radius 1 is 0.686 bits per heavy atom. The normalized spacial score (nSPS) is 13.4. The molecular formula is C32H51NO2. The third-order valence-electron chi connectivity index (χ3n) is 5.68. The lowest BCUT2D eigenvalue weighted by atomic mass is 9.89. The highest BCUT2D eigenvalue weighted by Gasteiger charge is 2.26. The molecule has 1 amide bonds. The SMILES string of the molecule is CC=CC=CC=CC=CCCC=CC=CC=CC(=O)NCC(O)(CCCCCC)CCCCCC. The van der Waals surface area contributed by atoms with Crippen LogP contribution in [0.25, 0.3) is 0 Å². The molecule has 196 valence electrons. The first-order valence-electron chi connectivity index (χ1n) is 13.7. The topological polar surface area (TPSA) is 49.3 Å². The lowest BCUT2D eigenvalue weighted by Crippen LogP contribution is -2.42. The van der Waals surface area contributed by atoms with Gasteiger partial charge in [-0.1, -0.05) is 144 Å². The highest BCUT2D eigenvalue weighted by Crippen LogP contribution is 2.22. The smallest absolute Gasteiger partial charge is 0.244 e. The Kier molecular flexibility index (Phi) is 23.0. The molecule has 0 atom stereocenters. The van der Waals surface area contributed by atoms with Gasteiger partial charge in [0.25, 0.3) is 0 Å². The van der Waals surface area contributed by atoms with Crippen molar-refractivity contribution >= 4 is 5.91 Å². The molecule has 0 aliphatic carbocycles. The van der Waals surface area contributed by atoms with E-state index in [1.807, 2.05) is 61.6 Å². The number of hydrogen-bond donors (Lipinski definition) is 2. The maximum atomic E-state index is 12.2. The van der Waals surface area contributed by atoms with Crippen molar-refractivity contribution in [3.8, 4) is 0 Å². The van der Waals surface area contributed by atoms with Gasteiger partial charge in [0, 0.05) is 12.6 Å². The van der Waals surface area contributed by atoms with E-state index in [9.17, 15) is 9.90 Å². The Morgan fingerprint density at radius 2 is 1.17 bits per heavy atom. The summed E-state index contributed by atoms with van der Waals surface area (Å²) in [7, 11) is 0. The van der Waals surface area contributed by atoms with Crippen LogP contribution in [0.4, 0.5) is 0 Å². The summed E-state index contributed by atoms with van der Waals surface area (Å²) in [6.45, 7) is 6.71. The quantitative estimate of drug-likeness (QED) is 0.0981. The van der Waals surface area contributed by atoms with Gasteiger partial charge in [0.1, 0.15) is 0 Å². The Balaban J connectivity index is 4.27. The minimum Gasteiger partial charge on any atom is -0.388 e. The number of allylic oxidation sites excluding steroid dienone is 13. The van der Waals surface area contributed by atoms with Crippen molar-refractivity contribution < 1.29 is 9.90 Å². The van der Waals surface area contributed by atoms with Gasteiger partial charge in [-0.15, -0.1) is 0 Å². The van der Waals surface area contributed by atoms with Crippen molar-refractivity contribution in [2.75, 3.05) is 6.54 Å². The van der Waals surface area contributed by atoms with E-state index in [0.717, 1.165) is 51.4 Å². The fraction of sp³-hybridized carbons (Fsp3) is 0.531. The standard InChI is InChI=1S/C32H51NO2/c1-4-7-10-13-14-15-16-17-18-19-20-21-22-23-24-27-31(34)33-30-32(35,28-25-11-8-5-2)29-26-12-9-6-3/h4,7,10,13-17,20-24,27,35H,5-6,8-9,11-12,18-19,25-26,28-30H2,1-3H3,(H,33,34). The average molecular weight is 482 g/mol. The summed E-state index contributed by atoms with van der Waals surface area (Å²) in [5, 5.41) is 14.0. The molecule has 0 aliphatic heterocycles. The van der Waals surface area contributed by atoms with E-state index in [1.165, 1.54) is 31.8 Å². The van der Waals surface area contributed by atoms with Crippen molar-refractivity contribution in [3.63, 3.8) is 0 Å². The molecule has 2 N–H and O–H groups in total. The molecule has 0 fully saturated rings. The number of carbonyl (C=O) groups excluding carboxylic acids is 1. The van der Waals surface area contributed by atoms with Gasteiger partial charge in [-0.05, 0) is 32.6 Å². The second-order valence-corrected chi connectivity index (χ2v) is 9.04. The van der Waals surface area contributed by atoms with Gasteiger partial charge in [-0.25, -0.2) is 0 Å². The van der Waals surface area contributed by atoms with Crippen LogP contribution in [0, 0.1) is 0 Å². The number of aliphatic hydroxyl groups is 1. The number of carbonyl (C=O) groups is 1. The van der Waals surface area contributed by atoms with E-state index in [0.29, 0.717) is 6.54 Å². The van der Waals surface area contributed by atoms with Crippen molar-refractivity contribution in [3.05, 3.63) is 85.1 Å². The molecular weight excluding hydrogens is 430 g/mol. The maximum Gasteiger partial charge on any atom is 0.244 e. The van der Waals surface area contributed by atoms with Crippen LogP contribution in [0.2, 0.25) is 0 Å². The van der Waals surface area contributed by atoms with E-state index < -0.39 is 5.60 Å². The molecule has 3 nitrogen and oxygen atoms in total. The summed E-state index contributed by atoms with van der Waals surface area (Å²) in [5.41, 5.74) is -0.795. The zero-order chi connectivity index (χ0) is 25.9. The van der Waals surface area contributed by atoms with Gasteiger partial charge < -0.3 is 10.4 Å². The van der Waals surface area contributed by atoms with Crippen molar-refractivity contribution in [1.29, 1.82) is 0 Å². The Bertz CT molecular complexity index is 695. The van der Waals surface area contributed by atoms with E-state index >= 15 is 0 Å². The lowest BCUT2D eigenvalue weighted by Gasteiger charge is -2.28. The molecule has 0 aromatic rings. The molecule has 0 rings (SSSR count). The first kappa shape index (κ1) is 32.6. The largest absolute Gasteiger partial charge is 0.388 e. The molecule has 35 heavy (non-hydrogen) atoms. The van der Waals surface area contributed by atoms with Crippen LogP contribution in [-0.4, -0.2) is 23.2 Å². The molecule has 0 radical (unpaired) electrons. The molecule has 0 heterocycles. The van der Waals surface area contributed by atoms with Gasteiger partial charge >= 0.3 is 0 Å². The molecule has 0 unspecified atom stereocenters. The van der Waals surface area contributed by atoms with Gasteiger partial charge in [-0.3, -0.25) is 4.79 Å². The number of hydrogen-bond acceptors (Lipinski definition) is 2. The van der Waals surface area contributed by atoms with Crippen LogP contribution in [0.5, 0.6) is 0 Å². The molecule has 0 spiro atoms. The molecule has 0 aliphatic rings. The van der Waals surface area contributed by atoms with Crippen LogP contribution in [0.15, 0.2) is 85.1 Å². The monoisotopic (exact) mass is 481 g/mol. The zero-order valence-corrected chi connectivity index (χ0v) is 22.6. The summed E-state index contributed by atoms with van der Waals surface area (Å²) in [4.78, 5) is 12.2. The second kappa shape index (κ2) is 24.7. The third kappa shape index (κ3) is 23.1. The molecule has 0 bridgehead atoms. The summed E-state index contributed by atoms with van der Waals surface area (Å²) in [6.07, 6.45) is 40.0. The Morgan fingerprint density at radius 3 is 1.69 bits per heavy atom. The van der Waals surface area contributed by atoms with E-state index in [1.54, 1.807) is 6.08 Å². The van der Waals surface area contributed by atoms with Gasteiger partial charge in [-0.2, -0.15) is 0 Å².